The summed E-state index contributed by atoms with van der Waals surface area (Å²) in [4.78, 5) is 28.1. The molecule has 2 rings (SSSR count). The monoisotopic (exact) mass is 280 g/mol. The van der Waals surface area contributed by atoms with E-state index >= 15 is 0 Å². The Bertz CT molecular complexity index is 679. The number of ether oxygens (including phenoxy) is 1. The quantitative estimate of drug-likeness (QED) is 0.636. The predicted molar refractivity (Wildman–Crippen MR) is 72.3 cm³/mol. The highest BCUT2D eigenvalue weighted by molar-refractivity contribution is 6.20. The lowest BCUT2D eigenvalue weighted by atomic mass is 10.2. The molecule has 1 atom stereocenters. The zero-order valence-corrected chi connectivity index (χ0v) is 11.3. The second kappa shape index (κ2) is 5.40. The van der Waals surface area contributed by atoms with Crippen molar-refractivity contribution < 1.29 is 9.53 Å². The number of benzene rings is 1. The molecule has 0 saturated carbocycles. The van der Waals surface area contributed by atoms with Gasteiger partial charge in [-0.3, -0.25) is 14.2 Å². The second-order valence-corrected chi connectivity index (χ2v) is 4.73. The summed E-state index contributed by atoms with van der Waals surface area (Å²) in [6, 6.07) is 6.95. The van der Waals surface area contributed by atoms with Crippen LogP contribution in [-0.2, 0) is 16.1 Å². The number of hydrogen-bond donors (Lipinski definition) is 0. The number of hydrogen-bond acceptors (Lipinski definition) is 4. The van der Waals surface area contributed by atoms with Gasteiger partial charge >= 0.3 is 5.97 Å². The molecule has 2 aromatic rings. The van der Waals surface area contributed by atoms with Gasteiger partial charge in [0.25, 0.3) is 5.56 Å². The summed E-state index contributed by atoms with van der Waals surface area (Å²) in [7, 11) is 1.27. The Balaban J connectivity index is 2.71. The molecular formula is C13H13ClN2O3. The number of fused-ring (bicyclic) bond motifs is 1. The maximum Gasteiger partial charge on any atom is 0.325 e. The minimum absolute atomic E-state index is 0.195. The Kier molecular flexibility index (Phi) is 3.85. The van der Waals surface area contributed by atoms with Gasteiger partial charge in [-0.05, 0) is 19.1 Å². The van der Waals surface area contributed by atoms with Crippen LogP contribution in [0.25, 0.3) is 10.9 Å². The molecule has 0 amide bonds. The van der Waals surface area contributed by atoms with Crippen LogP contribution in [0.15, 0.2) is 29.1 Å². The minimum atomic E-state index is -0.516. The number of para-hydroxylation sites is 1. The third-order valence-electron chi connectivity index (χ3n) is 2.76. The average Bonchev–Trinajstić information content (AvgIpc) is 2.41. The van der Waals surface area contributed by atoms with Crippen molar-refractivity contribution in [2.24, 2.45) is 0 Å². The molecule has 6 heteroatoms. The van der Waals surface area contributed by atoms with E-state index in [1.165, 1.54) is 11.7 Å². The fraction of sp³-hybridized carbons (Fsp3) is 0.308. The molecule has 1 unspecified atom stereocenters. The fourth-order valence-electron chi connectivity index (χ4n) is 1.84. The van der Waals surface area contributed by atoms with Crippen molar-refractivity contribution in [3.05, 3.63) is 40.4 Å². The van der Waals surface area contributed by atoms with Crippen LogP contribution in [-0.4, -0.2) is 22.6 Å². The Morgan fingerprint density at radius 2 is 2.16 bits per heavy atom. The predicted octanol–water partition coefficient (Wildman–Crippen LogP) is 1.87. The topological polar surface area (TPSA) is 61.2 Å². The van der Waals surface area contributed by atoms with E-state index in [1.807, 2.05) is 0 Å². The number of methoxy groups -OCH3 is 1. The van der Waals surface area contributed by atoms with E-state index in [2.05, 4.69) is 9.72 Å². The van der Waals surface area contributed by atoms with Crippen LogP contribution in [0.2, 0.25) is 0 Å². The Morgan fingerprint density at radius 3 is 2.79 bits per heavy atom. The van der Waals surface area contributed by atoms with Crippen molar-refractivity contribution >= 4 is 28.5 Å². The average molecular weight is 281 g/mol. The zero-order valence-electron chi connectivity index (χ0n) is 10.6. The molecule has 1 aromatic heterocycles. The molecule has 0 aliphatic carbocycles. The first kappa shape index (κ1) is 13.5. The van der Waals surface area contributed by atoms with E-state index in [0.29, 0.717) is 16.7 Å². The van der Waals surface area contributed by atoms with Gasteiger partial charge in [-0.15, -0.1) is 11.6 Å². The third-order valence-corrected chi connectivity index (χ3v) is 2.96. The molecule has 1 heterocycles. The van der Waals surface area contributed by atoms with E-state index in [-0.39, 0.29) is 12.1 Å². The molecule has 0 saturated heterocycles. The van der Waals surface area contributed by atoms with E-state index in [0.717, 1.165) is 0 Å². The number of aromatic nitrogens is 2. The van der Waals surface area contributed by atoms with Crippen molar-refractivity contribution in [3.8, 4) is 0 Å². The Hall–Kier alpha value is -1.88. The standard InChI is InChI=1S/C13H13ClN2O3/c1-8(14)12-15-10-6-4-3-5-9(10)13(18)16(12)7-11(17)19-2/h3-6,8H,7H2,1-2H3. The summed E-state index contributed by atoms with van der Waals surface area (Å²) in [6.07, 6.45) is 0. The number of carbonyl (C=O) groups excluding carboxylic acids is 1. The zero-order chi connectivity index (χ0) is 14.0. The molecule has 19 heavy (non-hydrogen) atoms. The molecule has 0 radical (unpaired) electrons. The van der Waals surface area contributed by atoms with Gasteiger partial charge in [-0.2, -0.15) is 0 Å². The summed E-state index contributed by atoms with van der Waals surface area (Å²) in [5, 5.41) is -0.0329. The van der Waals surface area contributed by atoms with Gasteiger partial charge in [0.1, 0.15) is 12.4 Å². The molecule has 0 aliphatic rings. The first-order valence-electron chi connectivity index (χ1n) is 5.75. The van der Waals surface area contributed by atoms with Crippen molar-refractivity contribution in [2.75, 3.05) is 7.11 Å². The lowest BCUT2D eigenvalue weighted by Crippen LogP contribution is -2.29. The van der Waals surface area contributed by atoms with Crippen molar-refractivity contribution in [1.29, 1.82) is 0 Å². The Labute approximate surface area is 114 Å². The first-order valence-corrected chi connectivity index (χ1v) is 6.18. The molecule has 0 fully saturated rings. The summed E-state index contributed by atoms with van der Waals surface area (Å²) >= 11 is 6.03. The van der Waals surface area contributed by atoms with Gasteiger partial charge in [0.2, 0.25) is 0 Å². The highest BCUT2D eigenvalue weighted by atomic mass is 35.5. The second-order valence-electron chi connectivity index (χ2n) is 4.07. The summed E-state index contributed by atoms with van der Waals surface area (Å²) in [5.74, 6) is -0.159. The molecular weight excluding hydrogens is 268 g/mol. The number of alkyl halides is 1. The van der Waals surface area contributed by atoms with E-state index < -0.39 is 11.3 Å². The number of carbonyl (C=O) groups is 1. The number of nitrogens with zero attached hydrogens (tertiary/aromatic N) is 2. The van der Waals surface area contributed by atoms with Gasteiger partial charge < -0.3 is 4.74 Å². The van der Waals surface area contributed by atoms with Crippen LogP contribution in [0.1, 0.15) is 18.1 Å². The normalized spacial score (nSPS) is 12.4. The lowest BCUT2D eigenvalue weighted by molar-refractivity contribution is -0.141. The molecule has 0 bridgehead atoms. The number of esters is 1. The fourth-order valence-corrected chi connectivity index (χ4v) is 2.00. The number of rotatable bonds is 3. The van der Waals surface area contributed by atoms with Crippen LogP contribution in [0, 0.1) is 0 Å². The highest BCUT2D eigenvalue weighted by Crippen LogP contribution is 2.18. The Morgan fingerprint density at radius 1 is 1.47 bits per heavy atom. The molecule has 0 aliphatic heterocycles. The smallest absolute Gasteiger partial charge is 0.325 e. The van der Waals surface area contributed by atoms with Crippen LogP contribution < -0.4 is 5.56 Å². The molecule has 100 valence electrons. The van der Waals surface area contributed by atoms with Gasteiger partial charge in [0.15, 0.2) is 0 Å². The van der Waals surface area contributed by atoms with Gasteiger partial charge in [0.05, 0.1) is 23.4 Å². The maximum atomic E-state index is 12.4. The van der Waals surface area contributed by atoms with Crippen LogP contribution in [0.3, 0.4) is 0 Å². The molecule has 0 spiro atoms. The van der Waals surface area contributed by atoms with E-state index in [1.54, 1.807) is 31.2 Å². The van der Waals surface area contributed by atoms with Gasteiger partial charge in [0, 0.05) is 0 Å². The highest BCUT2D eigenvalue weighted by Gasteiger charge is 2.17. The third kappa shape index (κ3) is 2.61. The van der Waals surface area contributed by atoms with Crippen molar-refractivity contribution in [2.45, 2.75) is 18.8 Å². The lowest BCUT2D eigenvalue weighted by Gasteiger charge is -2.13. The first-order chi connectivity index (χ1) is 9.04. The molecule has 1 aromatic carbocycles. The van der Waals surface area contributed by atoms with Crippen LogP contribution in [0.4, 0.5) is 0 Å². The van der Waals surface area contributed by atoms with Gasteiger partial charge in [-0.25, -0.2) is 4.98 Å². The minimum Gasteiger partial charge on any atom is -0.468 e. The summed E-state index contributed by atoms with van der Waals surface area (Å²) in [6.45, 7) is 1.51. The molecule has 5 nitrogen and oxygen atoms in total. The SMILES string of the molecule is COC(=O)Cn1c(C(C)Cl)nc2ccccc2c1=O. The number of halogens is 1. The van der Waals surface area contributed by atoms with Crippen molar-refractivity contribution in [3.63, 3.8) is 0 Å². The van der Waals surface area contributed by atoms with E-state index in [9.17, 15) is 9.59 Å². The van der Waals surface area contributed by atoms with Crippen LogP contribution in [0.5, 0.6) is 0 Å². The molecule has 0 N–H and O–H groups in total. The largest absolute Gasteiger partial charge is 0.468 e. The summed E-state index contributed by atoms with van der Waals surface area (Å²) in [5.41, 5.74) is 0.273. The van der Waals surface area contributed by atoms with Crippen LogP contribution >= 0.6 is 11.6 Å². The maximum absolute atomic E-state index is 12.4. The van der Waals surface area contributed by atoms with E-state index in [4.69, 9.17) is 11.6 Å². The summed E-state index contributed by atoms with van der Waals surface area (Å²) < 4.78 is 5.84. The van der Waals surface area contributed by atoms with Gasteiger partial charge in [-0.1, -0.05) is 12.1 Å². The van der Waals surface area contributed by atoms with Crippen molar-refractivity contribution in [1.82, 2.24) is 9.55 Å².